The summed E-state index contributed by atoms with van der Waals surface area (Å²) in [6, 6.07) is 11.5. The second-order valence-electron chi connectivity index (χ2n) is 14.7. The number of carbonyl (C=O) groups excluding carboxylic acids is 2. The van der Waals surface area contributed by atoms with Crippen LogP contribution >= 0.6 is 11.3 Å². The summed E-state index contributed by atoms with van der Waals surface area (Å²) in [5.74, 6) is 0. The number of halogens is 1. The minimum atomic E-state index is -1.46. The van der Waals surface area contributed by atoms with Crippen molar-refractivity contribution in [3.8, 4) is 5.06 Å². The van der Waals surface area contributed by atoms with Gasteiger partial charge in [-0.25, -0.2) is 18.5 Å². The summed E-state index contributed by atoms with van der Waals surface area (Å²) in [5.41, 5.74) is -0.0306. The summed E-state index contributed by atoms with van der Waals surface area (Å²) in [7, 11) is 0. The van der Waals surface area contributed by atoms with Crippen molar-refractivity contribution < 1.29 is 28.2 Å². The zero-order valence-corrected chi connectivity index (χ0v) is 28.2. The lowest BCUT2D eigenvalue weighted by molar-refractivity contribution is 0.0275. The maximum absolute atomic E-state index is 15.4. The van der Waals surface area contributed by atoms with Crippen LogP contribution in [0.2, 0.25) is 0 Å². The van der Waals surface area contributed by atoms with Gasteiger partial charge in [0.15, 0.2) is 5.06 Å². The van der Waals surface area contributed by atoms with E-state index in [4.69, 9.17) is 14.2 Å². The minimum Gasteiger partial charge on any atom is -0.479 e. The molecule has 2 aromatic heterocycles. The first-order chi connectivity index (χ1) is 20.4. The maximum atomic E-state index is 15.4. The molecule has 0 bridgehead atoms. The summed E-state index contributed by atoms with van der Waals surface area (Å²) in [6.07, 6.45) is 0.430. The molecule has 2 aliphatic heterocycles. The van der Waals surface area contributed by atoms with Crippen LogP contribution in [0.3, 0.4) is 0 Å². The lowest BCUT2D eigenvalue weighted by Gasteiger charge is -2.43. The third-order valence-electron chi connectivity index (χ3n) is 7.76. The molecule has 1 saturated heterocycles. The second kappa shape index (κ2) is 11.7. The quantitative estimate of drug-likeness (QED) is 0.286. The van der Waals surface area contributed by atoms with E-state index in [2.05, 4.69) is 11.8 Å². The van der Waals surface area contributed by atoms with Gasteiger partial charge in [0.05, 0.1) is 23.8 Å². The molecule has 240 valence electrons. The standard InChI is InChI=1S/C34H46FN3O5S/c1-21-18-24-23-12-10-11-13-25(23)38(31(40)43-33(5,6)7)28(24)29(37(21)20-34(8,9)35)26-14-15-27(44-26)41-22-16-17-36(19-22)30(39)42-32(2,3)4/h10-15,21-22,29H,16-20H2,1-9H3/t21-,22+,29-/m1/s1. The van der Waals surface area contributed by atoms with Gasteiger partial charge in [-0.15, -0.1) is 11.3 Å². The van der Waals surface area contributed by atoms with Crippen LogP contribution in [-0.2, 0) is 15.9 Å². The molecule has 1 fully saturated rings. The Morgan fingerprint density at radius 1 is 0.955 bits per heavy atom. The van der Waals surface area contributed by atoms with Crippen molar-refractivity contribution in [3.05, 3.63) is 52.5 Å². The van der Waals surface area contributed by atoms with Gasteiger partial charge in [0.2, 0.25) is 0 Å². The molecule has 0 radical (unpaired) electrons. The third kappa shape index (κ3) is 7.07. The second-order valence-corrected chi connectivity index (χ2v) is 15.7. The first-order valence-corrected chi connectivity index (χ1v) is 16.3. The highest BCUT2D eigenvalue weighted by Gasteiger charge is 2.42. The number of benzene rings is 1. The van der Waals surface area contributed by atoms with Crippen molar-refractivity contribution in [1.82, 2.24) is 14.4 Å². The molecule has 5 rings (SSSR count). The Bertz CT molecular complexity index is 1530. The van der Waals surface area contributed by atoms with Crippen molar-refractivity contribution in [3.63, 3.8) is 0 Å². The minimum absolute atomic E-state index is 0.0177. The number of rotatable bonds is 5. The largest absolute Gasteiger partial charge is 0.479 e. The predicted molar refractivity (Wildman–Crippen MR) is 172 cm³/mol. The maximum Gasteiger partial charge on any atom is 0.419 e. The number of hydrogen-bond acceptors (Lipinski definition) is 7. The fraction of sp³-hybridized carbons (Fsp3) is 0.588. The van der Waals surface area contributed by atoms with Crippen LogP contribution in [0.5, 0.6) is 5.06 Å². The number of aromatic nitrogens is 1. The van der Waals surface area contributed by atoms with Crippen LogP contribution in [0.4, 0.5) is 14.0 Å². The van der Waals surface area contributed by atoms with Crippen LogP contribution in [0.15, 0.2) is 36.4 Å². The summed E-state index contributed by atoms with van der Waals surface area (Å²) in [5, 5.41) is 1.72. The van der Waals surface area contributed by atoms with E-state index in [1.54, 1.807) is 23.3 Å². The number of hydrogen-bond donors (Lipinski definition) is 0. The molecule has 44 heavy (non-hydrogen) atoms. The van der Waals surface area contributed by atoms with Crippen molar-refractivity contribution in [2.24, 2.45) is 0 Å². The molecular formula is C34H46FN3O5S. The number of carbonyl (C=O) groups is 2. The Morgan fingerprint density at radius 2 is 1.61 bits per heavy atom. The molecule has 1 amide bonds. The van der Waals surface area contributed by atoms with Gasteiger partial charge >= 0.3 is 12.2 Å². The summed E-state index contributed by atoms with van der Waals surface area (Å²) >= 11 is 1.50. The Labute approximate surface area is 264 Å². The number of thiophene rings is 1. The number of nitrogens with zero attached hydrogens (tertiary/aromatic N) is 3. The number of likely N-dealkylation sites (tertiary alicyclic amines) is 1. The van der Waals surface area contributed by atoms with Crippen LogP contribution in [-0.4, -0.2) is 75.2 Å². The first kappa shape index (κ1) is 32.3. The zero-order valence-electron chi connectivity index (χ0n) is 27.4. The molecule has 3 aromatic rings. The molecular weight excluding hydrogens is 581 g/mol. The van der Waals surface area contributed by atoms with Crippen LogP contribution in [0.25, 0.3) is 10.9 Å². The van der Waals surface area contributed by atoms with Gasteiger partial charge in [-0.2, -0.15) is 0 Å². The summed E-state index contributed by atoms with van der Waals surface area (Å²) < 4.78 is 34.9. The summed E-state index contributed by atoms with van der Waals surface area (Å²) in [4.78, 5) is 31.2. The average Bonchev–Trinajstić information content (AvgIpc) is 3.60. The van der Waals surface area contributed by atoms with Crippen LogP contribution in [0.1, 0.15) is 90.9 Å². The van der Waals surface area contributed by atoms with E-state index < -0.39 is 29.0 Å². The molecule has 4 heterocycles. The lowest BCUT2D eigenvalue weighted by Crippen LogP contribution is -2.48. The van der Waals surface area contributed by atoms with E-state index in [1.165, 1.54) is 11.3 Å². The van der Waals surface area contributed by atoms with Gasteiger partial charge in [-0.3, -0.25) is 4.90 Å². The molecule has 8 nitrogen and oxygen atoms in total. The lowest BCUT2D eigenvalue weighted by atomic mass is 9.90. The molecule has 0 N–H and O–H groups in total. The van der Waals surface area contributed by atoms with E-state index in [0.29, 0.717) is 25.9 Å². The highest BCUT2D eigenvalue weighted by atomic mass is 32.1. The van der Waals surface area contributed by atoms with E-state index in [1.807, 2.05) is 77.9 Å². The Balaban J connectivity index is 1.52. The van der Waals surface area contributed by atoms with E-state index in [0.717, 1.165) is 32.1 Å². The Kier molecular flexibility index (Phi) is 8.57. The van der Waals surface area contributed by atoms with Crippen LogP contribution in [0, 0.1) is 0 Å². The summed E-state index contributed by atoms with van der Waals surface area (Å²) in [6.45, 7) is 17.7. The van der Waals surface area contributed by atoms with E-state index in [9.17, 15) is 9.59 Å². The van der Waals surface area contributed by atoms with Gasteiger partial charge < -0.3 is 19.1 Å². The molecule has 10 heteroatoms. The fourth-order valence-electron chi connectivity index (χ4n) is 6.16. The number of amides is 1. The van der Waals surface area contributed by atoms with E-state index in [-0.39, 0.29) is 24.8 Å². The number of ether oxygens (including phenoxy) is 3. The zero-order chi connectivity index (χ0) is 32.2. The molecule has 0 aliphatic carbocycles. The number of alkyl halides is 1. The van der Waals surface area contributed by atoms with E-state index >= 15 is 4.39 Å². The molecule has 2 aliphatic rings. The van der Waals surface area contributed by atoms with Crippen LogP contribution < -0.4 is 4.74 Å². The topological polar surface area (TPSA) is 73.2 Å². The normalized spacial score (nSPS) is 21.4. The average molecular weight is 628 g/mol. The molecule has 3 atom stereocenters. The van der Waals surface area contributed by atoms with Crippen molar-refractivity contribution in [2.75, 3.05) is 19.6 Å². The molecule has 0 unspecified atom stereocenters. The SMILES string of the molecule is C[C@@H]1Cc2c(n(C(=O)OC(C)(C)C)c3ccccc23)[C@@H](c2ccc(O[C@H]3CCN(C(=O)OC(C)(C)C)C3)s2)N1CC(C)(C)F. The fourth-order valence-corrected chi connectivity index (χ4v) is 7.21. The smallest absolute Gasteiger partial charge is 0.419 e. The highest BCUT2D eigenvalue weighted by Crippen LogP contribution is 2.46. The van der Waals surface area contributed by atoms with Crippen molar-refractivity contribution >= 4 is 34.4 Å². The van der Waals surface area contributed by atoms with Gasteiger partial charge in [0, 0.05) is 35.8 Å². The van der Waals surface area contributed by atoms with Crippen molar-refractivity contribution in [1.29, 1.82) is 0 Å². The number of para-hydroxylation sites is 1. The van der Waals surface area contributed by atoms with Crippen molar-refractivity contribution in [2.45, 2.75) is 110 Å². The third-order valence-corrected chi connectivity index (χ3v) is 8.79. The molecule has 0 spiro atoms. The first-order valence-electron chi connectivity index (χ1n) is 15.4. The number of fused-ring (bicyclic) bond motifs is 3. The predicted octanol–water partition coefficient (Wildman–Crippen LogP) is 7.96. The Morgan fingerprint density at radius 3 is 2.27 bits per heavy atom. The highest BCUT2D eigenvalue weighted by molar-refractivity contribution is 7.13. The van der Waals surface area contributed by atoms with Gasteiger partial charge in [-0.1, -0.05) is 18.2 Å². The monoisotopic (exact) mass is 627 g/mol. The molecule has 0 saturated carbocycles. The molecule has 1 aromatic carbocycles. The van der Waals surface area contributed by atoms with Gasteiger partial charge in [0.25, 0.3) is 0 Å². The van der Waals surface area contributed by atoms with Gasteiger partial charge in [-0.05, 0) is 92.5 Å². The Hall–Kier alpha value is -3.11. The van der Waals surface area contributed by atoms with Gasteiger partial charge in [0.1, 0.15) is 23.0 Å².